The van der Waals surface area contributed by atoms with E-state index >= 15 is 0 Å². The lowest BCUT2D eigenvalue weighted by molar-refractivity contribution is 0.0922. The van der Waals surface area contributed by atoms with Crippen molar-refractivity contribution in [3.8, 4) is 0 Å². The predicted molar refractivity (Wildman–Crippen MR) is 146 cm³/mol. The molecule has 8 nitrogen and oxygen atoms in total. The maximum atomic E-state index is 13.2. The number of H-pyrrole nitrogens is 1. The molecule has 10 heteroatoms. The van der Waals surface area contributed by atoms with Crippen LogP contribution >= 0.6 is 22.9 Å². The first-order valence-corrected chi connectivity index (χ1v) is 14.1. The van der Waals surface area contributed by atoms with E-state index in [1.165, 1.54) is 11.3 Å². The van der Waals surface area contributed by atoms with Crippen LogP contribution in [0.4, 0.5) is 0 Å². The molecular weight excluding hydrogens is 510 g/mol. The van der Waals surface area contributed by atoms with Crippen molar-refractivity contribution in [2.24, 2.45) is 5.73 Å². The van der Waals surface area contributed by atoms with Crippen LogP contribution < -0.4 is 11.1 Å². The number of hydrogen-bond donors (Lipinski definition) is 3. The lowest BCUT2D eigenvalue weighted by Crippen LogP contribution is -2.38. The molecule has 2 amide bonds. The number of halogens is 1. The van der Waals surface area contributed by atoms with Gasteiger partial charge in [0.2, 0.25) is 0 Å². The largest absolute Gasteiger partial charge is 0.500 e. The van der Waals surface area contributed by atoms with Gasteiger partial charge in [-0.15, -0.1) is 22.9 Å². The lowest BCUT2D eigenvalue weighted by atomic mass is 9.76. The number of aromatic amines is 1. The van der Waals surface area contributed by atoms with Crippen LogP contribution in [0.15, 0.2) is 18.4 Å². The van der Waals surface area contributed by atoms with Crippen LogP contribution in [0.25, 0.3) is 6.08 Å². The number of amides is 2. The van der Waals surface area contributed by atoms with Gasteiger partial charge in [0, 0.05) is 42.0 Å². The minimum absolute atomic E-state index is 0.00113. The fourth-order valence-electron chi connectivity index (χ4n) is 5.93. The first kappa shape index (κ1) is 26.0. The topological polar surface area (TPSA) is 113 Å². The number of carbonyl (C=O) groups is 2. The third-order valence-electron chi connectivity index (χ3n) is 7.85. The van der Waals surface area contributed by atoms with Crippen molar-refractivity contribution in [3.05, 3.63) is 56.5 Å². The molecule has 4 N–H and O–H groups in total. The SMILES string of the molecule is C=C(CN1CCc2nc(C(=O)N[C@@H]3CCCC(c4c(C(N)=O)[nH]c5c4C(C)C(Cl)C=C5)C3)sc2C1)OC. The van der Waals surface area contributed by atoms with Crippen molar-refractivity contribution in [2.75, 3.05) is 20.2 Å². The van der Waals surface area contributed by atoms with Crippen molar-refractivity contribution in [1.82, 2.24) is 20.2 Å². The fraction of sp³-hybridized carbons (Fsp3) is 0.519. The molecule has 37 heavy (non-hydrogen) atoms. The van der Waals surface area contributed by atoms with Crippen LogP contribution in [0.2, 0.25) is 0 Å². The molecule has 0 aromatic carbocycles. The van der Waals surface area contributed by atoms with Gasteiger partial charge < -0.3 is 20.8 Å². The minimum Gasteiger partial charge on any atom is -0.500 e. The summed E-state index contributed by atoms with van der Waals surface area (Å²) in [6.07, 6.45) is 8.24. The molecule has 3 aliphatic rings. The zero-order valence-corrected chi connectivity index (χ0v) is 22.9. The number of aromatic nitrogens is 2. The number of nitrogens with two attached hydrogens (primary N) is 1. The average molecular weight is 544 g/mol. The summed E-state index contributed by atoms with van der Waals surface area (Å²) in [5.41, 5.74) is 10.2. The standard InChI is InChI=1S/C27H34ClN5O3S/c1-14(36-3)12-33-10-9-19-21(13-33)37-27(32-19)26(35)30-17-6-4-5-16(11-17)23-22-15(2)18(28)7-8-20(22)31-24(23)25(29)34/h7-8,15-18,31H,1,4-6,9-13H2,2-3H3,(H2,29,34)(H,30,35)/t15?,16?,17-,18?/m1/s1. The normalized spacial score (nSPS) is 25.3. The van der Waals surface area contributed by atoms with Crippen LogP contribution in [-0.2, 0) is 17.7 Å². The smallest absolute Gasteiger partial charge is 0.280 e. The van der Waals surface area contributed by atoms with Gasteiger partial charge in [-0.25, -0.2) is 4.98 Å². The van der Waals surface area contributed by atoms with Gasteiger partial charge in [-0.2, -0.15) is 0 Å². The number of carbonyl (C=O) groups excluding carboxylic acids is 2. The number of primary amides is 1. The molecule has 3 heterocycles. The Morgan fingerprint density at radius 2 is 2.19 bits per heavy atom. The fourth-order valence-corrected chi connectivity index (χ4v) is 7.18. The second-order valence-electron chi connectivity index (χ2n) is 10.3. The van der Waals surface area contributed by atoms with E-state index < -0.39 is 5.91 Å². The number of nitrogens with one attached hydrogen (secondary N) is 2. The Hall–Kier alpha value is -2.62. The summed E-state index contributed by atoms with van der Waals surface area (Å²) in [5, 5.41) is 3.61. The second kappa shape index (κ2) is 10.6. The maximum absolute atomic E-state index is 13.2. The Labute approximate surface area is 226 Å². The van der Waals surface area contributed by atoms with Gasteiger partial charge in [0.05, 0.1) is 24.7 Å². The molecule has 1 fully saturated rings. The summed E-state index contributed by atoms with van der Waals surface area (Å²) in [4.78, 5) is 36.9. The van der Waals surface area contributed by atoms with Gasteiger partial charge in [0.1, 0.15) is 11.5 Å². The quantitative estimate of drug-likeness (QED) is 0.356. The summed E-state index contributed by atoms with van der Waals surface area (Å²) in [7, 11) is 1.63. The second-order valence-corrected chi connectivity index (χ2v) is 11.9. The van der Waals surface area contributed by atoms with E-state index in [0.717, 1.165) is 78.3 Å². The first-order chi connectivity index (χ1) is 17.7. The van der Waals surface area contributed by atoms with Gasteiger partial charge in [-0.3, -0.25) is 14.5 Å². The van der Waals surface area contributed by atoms with Gasteiger partial charge in [0.15, 0.2) is 5.01 Å². The number of alkyl halides is 1. The Kier molecular flexibility index (Phi) is 7.47. The highest BCUT2D eigenvalue weighted by Gasteiger charge is 2.35. The molecule has 0 saturated heterocycles. The van der Waals surface area contributed by atoms with E-state index in [4.69, 9.17) is 22.1 Å². The Morgan fingerprint density at radius 1 is 1.38 bits per heavy atom. The highest BCUT2D eigenvalue weighted by molar-refractivity contribution is 7.13. The van der Waals surface area contributed by atoms with Crippen LogP contribution in [0.1, 0.15) is 92.1 Å². The summed E-state index contributed by atoms with van der Waals surface area (Å²) < 4.78 is 5.22. The molecule has 198 valence electrons. The number of fused-ring (bicyclic) bond motifs is 2. The molecule has 3 unspecified atom stereocenters. The summed E-state index contributed by atoms with van der Waals surface area (Å²) in [6, 6.07) is 0.00113. The molecule has 2 aromatic heterocycles. The van der Waals surface area contributed by atoms with Crippen molar-refractivity contribution in [2.45, 2.75) is 68.8 Å². The van der Waals surface area contributed by atoms with Crippen LogP contribution in [0.5, 0.6) is 0 Å². The average Bonchev–Trinajstić information content (AvgIpc) is 3.48. The molecule has 4 atom stereocenters. The number of thiazole rings is 1. The third-order valence-corrected chi connectivity index (χ3v) is 9.45. The van der Waals surface area contributed by atoms with E-state index in [1.807, 2.05) is 12.2 Å². The van der Waals surface area contributed by atoms with Crippen LogP contribution in [0, 0.1) is 0 Å². The van der Waals surface area contributed by atoms with Crippen molar-refractivity contribution < 1.29 is 14.3 Å². The van der Waals surface area contributed by atoms with E-state index in [0.29, 0.717) is 17.2 Å². The number of hydrogen-bond acceptors (Lipinski definition) is 6. The number of methoxy groups -OCH3 is 1. The van der Waals surface area contributed by atoms with Gasteiger partial charge in [-0.1, -0.05) is 26.0 Å². The van der Waals surface area contributed by atoms with E-state index in [-0.39, 0.29) is 29.2 Å². The number of nitrogens with zero attached hydrogens (tertiary/aromatic N) is 2. The summed E-state index contributed by atoms with van der Waals surface area (Å²) >= 11 is 8.02. The van der Waals surface area contributed by atoms with E-state index in [1.54, 1.807) is 7.11 Å². The molecule has 0 spiro atoms. The molecule has 0 bridgehead atoms. The third kappa shape index (κ3) is 5.22. The Balaban J connectivity index is 1.30. The first-order valence-electron chi connectivity index (χ1n) is 12.9. The monoisotopic (exact) mass is 543 g/mol. The number of rotatable bonds is 7. The van der Waals surface area contributed by atoms with Gasteiger partial charge in [0.25, 0.3) is 11.8 Å². The number of allylic oxidation sites excluding steroid dienone is 1. The van der Waals surface area contributed by atoms with Crippen molar-refractivity contribution in [1.29, 1.82) is 0 Å². The van der Waals surface area contributed by atoms with Crippen molar-refractivity contribution >= 4 is 40.8 Å². The van der Waals surface area contributed by atoms with E-state index in [2.05, 4.69) is 33.7 Å². The van der Waals surface area contributed by atoms with Gasteiger partial charge in [-0.05, 0) is 42.4 Å². The molecule has 5 rings (SSSR count). The van der Waals surface area contributed by atoms with E-state index in [9.17, 15) is 9.59 Å². The van der Waals surface area contributed by atoms with Crippen LogP contribution in [0.3, 0.4) is 0 Å². The zero-order valence-electron chi connectivity index (χ0n) is 21.3. The molecule has 2 aliphatic carbocycles. The van der Waals surface area contributed by atoms with Crippen molar-refractivity contribution in [3.63, 3.8) is 0 Å². The molecular formula is C27H34ClN5O3S. The molecule has 1 saturated carbocycles. The molecule has 1 aliphatic heterocycles. The van der Waals surface area contributed by atoms with Gasteiger partial charge >= 0.3 is 0 Å². The number of ether oxygens (including phenoxy) is 1. The Bertz CT molecular complexity index is 1250. The lowest BCUT2D eigenvalue weighted by Gasteiger charge is -2.32. The predicted octanol–water partition coefficient (Wildman–Crippen LogP) is 4.28. The highest BCUT2D eigenvalue weighted by atomic mass is 35.5. The molecule has 2 aromatic rings. The summed E-state index contributed by atoms with van der Waals surface area (Å²) in [5.74, 6) is 0.331. The minimum atomic E-state index is -0.459. The summed E-state index contributed by atoms with van der Waals surface area (Å²) in [6.45, 7) is 8.29. The maximum Gasteiger partial charge on any atom is 0.280 e. The Morgan fingerprint density at radius 3 is 2.95 bits per heavy atom. The van der Waals surface area contributed by atoms with Crippen LogP contribution in [-0.4, -0.2) is 58.3 Å². The zero-order chi connectivity index (χ0) is 26.3. The highest BCUT2D eigenvalue weighted by Crippen LogP contribution is 2.44. The molecule has 0 radical (unpaired) electrons.